The molecule has 0 aromatic heterocycles. The van der Waals surface area contributed by atoms with Crippen LogP contribution in [0.1, 0.15) is 94.1 Å². The Kier molecular flexibility index (Phi) is 8.57. The molecule has 0 fully saturated rings. The number of benzene rings is 4. The van der Waals surface area contributed by atoms with E-state index in [0.717, 1.165) is 0 Å². The van der Waals surface area contributed by atoms with Gasteiger partial charge in [-0.1, -0.05) is 0 Å². The van der Waals surface area contributed by atoms with E-state index < -0.39 is 22.6 Å². The molecule has 0 radical (unpaired) electrons. The van der Waals surface area contributed by atoms with E-state index in [1.165, 1.54) is 56.6 Å². The molecule has 6 rings (SSSR count). The van der Waals surface area contributed by atoms with Gasteiger partial charge in [0.25, 0.3) is 0 Å². The van der Waals surface area contributed by atoms with E-state index in [9.17, 15) is 0 Å². The van der Waals surface area contributed by atoms with Gasteiger partial charge in [-0.3, -0.25) is 0 Å². The minimum absolute atomic E-state index is 0.552. The zero-order chi connectivity index (χ0) is 31.2. The third-order valence-corrected chi connectivity index (χ3v) is 69.6. The van der Waals surface area contributed by atoms with Crippen molar-refractivity contribution in [1.82, 2.24) is 0 Å². The number of hydrogen-bond acceptors (Lipinski definition) is 0. The molecule has 0 spiro atoms. The molecule has 2 heteroatoms. The summed E-state index contributed by atoms with van der Waals surface area (Å²) >= 11 is -3.79. The summed E-state index contributed by atoms with van der Waals surface area (Å²) in [5.41, 5.74) is 13.9. The molecule has 0 aliphatic heterocycles. The van der Waals surface area contributed by atoms with Gasteiger partial charge in [-0.05, 0) is 0 Å². The summed E-state index contributed by atoms with van der Waals surface area (Å²) in [5.74, 6) is 1.10. The molecule has 4 aromatic carbocycles. The molecule has 0 heterocycles. The van der Waals surface area contributed by atoms with Gasteiger partial charge in [0.15, 0.2) is 0 Å². The zero-order valence-electron chi connectivity index (χ0n) is 28.1. The Morgan fingerprint density at radius 3 is 1.30 bits per heavy atom. The first-order valence-corrected chi connectivity index (χ1v) is 35.6. The fourth-order valence-electron chi connectivity index (χ4n) is 8.82. The molecule has 0 bridgehead atoms. The van der Waals surface area contributed by atoms with Crippen LogP contribution in [0.2, 0.25) is 21.4 Å². The van der Waals surface area contributed by atoms with Crippen molar-refractivity contribution in [3.8, 4) is 22.3 Å². The second-order valence-electron chi connectivity index (χ2n) is 14.8. The van der Waals surface area contributed by atoms with Crippen molar-refractivity contribution in [3.05, 3.63) is 130 Å². The van der Waals surface area contributed by atoms with E-state index in [1.54, 1.807) is 11.1 Å². The van der Waals surface area contributed by atoms with Gasteiger partial charge in [0, 0.05) is 0 Å². The first kappa shape index (κ1) is 31.4. The van der Waals surface area contributed by atoms with Crippen molar-refractivity contribution in [2.45, 2.75) is 82.2 Å². The molecule has 0 saturated heterocycles. The van der Waals surface area contributed by atoms with Crippen LogP contribution in [0.25, 0.3) is 34.4 Å². The SMILES string of the molecule is CC[Si](CC)=[Hf]([CH3])([CH3])([CH]1C=Cc2c(-c3ccc(C(C)C)cc3)cccc21)[CH]1C=Cc2c(-c3ccc(C(C)C)cc3)cccc21. The number of allylic oxidation sites excluding steroid dienone is 2. The molecule has 2 atom stereocenters. The van der Waals surface area contributed by atoms with Gasteiger partial charge in [-0.15, -0.1) is 0 Å². The van der Waals surface area contributed by atoms with Crippen molar-refractivity contribution in [2.24, 2.45) is 0 Å². The van der Waals surface area contributed by atoms with Crippen LogP contribution in [-0.4, -0.2) is 5.49 Å². The summed E-state index contributed by atoms with van der Waals surface area (Å²) < 4.78 is 6.89. The Balaban J connectivity index is 1.49. The summed E-state index contributed by atoms with van der Waals surface area (Å²) in [6, 6.07) is 35.7. The van der Waals surface area contributed by atoms with Crippen molar-refractivity contribution < 1.29 is 17.1 Å². The summed E-state index contributed by atoms with van der Waals surface area (Å²) in [6.45, 7) is 14.1. The van der Waals surface area contributed by atoms with Crippen LogP contribution in [0, 0.1) is 0 Å². The molecule has 0 amide bonds. The second-order valence-corrected chi connectivity index (χ2v) is 61.1. The summed E-state index contributed by atoms with van der Waals surface area (Å²) in [6.07, 6.45) is 10.3. The zero-order valence-corrected chi connectivity index (χ0v) is 32.7. The molecular weight excluding hydrogens is 711 g/mol. The average molecular weight is 761 g/mol. The predicted molar refractivity (Wildman–Crippen MR) is 194 cm³/mol. The average Bonchev–Trinajstić information content (AvgIpc) is 3.68. The van der Waals surface area contributed by atoms with E-state index in [1.807, 2.05) is 0 Å². The van der Waals surface area contributed by atoms with Crippen LogP contribution in [0.3, 0.4) is 0 Å². The maximum absolute atomic E-state index is 3.79. The molecule has 2 aliphatic carbocycles. The fourth-order valence-corrected chi connectivity index (χ4v) is 65.1. The summed E-state index contributed by atoms with van der Waals surface area (Å²) in [7, 11) is 0. The molecule has 4 aromatic rings. The van der Waals surface area contributed by atoms with Gasteiger partial charge in [-0.2, -0.15) is 0 Å². The minimum atomic E-state index is -3.79. The Hall–Kier alpha value is -2.55. The normalized spacial score (nSPS) is 17.4. The molecule has 0 nitrogen and oxygen atoms in total. The Morgan fingerprint density at radius 1 is 0.568 bits per heavy atom. The topological polar surface area (TPSA) is 0 Å². The first-order chi connectivity index (χ1) is 21.1. The number of fused-ring (bicyclic) bond motifs is 2. The van der Waals surface area contributed by atoms with Crippen LogP contribution in [0.15, 0.2) is 97.1 Å². The van der Waals surface area contributed by atoms with E-state index in [-0.39, 0.29) is 0 Å². The Morgan fingerprint density at radius 2 is 0.955 bits per heavy atom. The Bertz CT molecular complexity index is 1700. The quantitative estimate of drug-likeness (QED) is 0.157. The van der Waals surface area contributed by atoms with E-state index >= 15 is 0 Å². The van der Waals surface area contributed by atoms with Crippen molar-refractivity contribution in [2.75, 3.05) is 0 Å². The third-order valence-electron chi connectivity index (χ3n) is 11.5. The molecular formula is C42H50HfSi. The maximum atomic E-state index is 2.88. The predicted octanol–water partition coefficient (Wildman–Crippen LogP) is 12.9. The summed E-state index contributed by atoms with van der Waals surface area (Å²) in [4.78, 5) is 0. The number of hydrogen-bond donors (Lipinski definition) is 0. The van der Waals surface area contributed by atoms with Crippen LogP contribution in [0.4, 0.5) is 0 Å². The Labute approximate surface area is 268 Å². The fraction of sp³-hybridized carbons (Fsp3) is 0.333. The molecule has 44 heavy (non-hydrogen) atoms. The van der Waals surface area contributed by atoms with Crippen LogP contribution in [0.5, 0.6) is 0 Å². The van der Waals surface area contributed by atoms with E-state index in [0.29, 0.717) is 19.2 Å². The van der Waals surface area contributed by atoms with Gasteiger partial charge in [0.2, 0.25) is 0 Å². The van der Waals surface area contributed by atoms with E-state index in [4.69, 9.17) is 0 Å². The molecule has 2 aliphatic rings. The van der Waals surface area contributed by atoms with Crippen molar-refractivity contribution in [3.63, 3.8) is 0 Å². The van der Waals surface area contributed by atoms with Gasteiger partial charge in [-0.25, -0.2) is 0 Å². The molecule has 0 N–H and O–H groups in total. The molecule has 2 unspecified atom stereocenters. The van der Waals surface area contributed by atoms with Crippen LogP contribution >= 0.6 is 0 Å². The third kappa shape index (κ3) is 5.05. The van der Waals surface area contributed by atoms with Crippen LogP contribution in [-0.2, 0) is 17.1 Å². The van der Waals surface area contributed by atoms with Crippen molar-refractivity contribution >= 4 is 17.6 Å². The van der Waals surface area contributed by atoms with Gasteiger partial charge < -0.3 is 0 Å². The second kappa shape index (κ2) is 12.0. The molecule has 226 valence electrons. The van der Waals surface area contributed by atoms with Gasteiger partial charge in [0.05, 0.1) is 0 Å². The number of rotatable bonds is 8. The van der Waals surface area contributed by atoms with Crippen LogP contribution < -0.4 is 0 Å². The standard InChI is InChI=1S/2C18H17.C4H10Si.2CH3.Hf/c2*1-13(2)14-9-11-16(12-10-14)18-8-4-6-15-5-3-7-17(15)18;1-3-5-4-2;;;/h2*3-13H,1-2H3;3-4H2,1-2H3;2*1H3;. The monoisotopic (exact) mass is 762 g/mol. The summed E-state index contributed by atoms with van der Waals surface area (Å²) in [5, 5.41) is 0. The van der Waals surface area contributed by atoms with Gasteiger partial charge >= 0.3 is 270 Å². The van der Waals surface area contributed by atoms with Crippen molar-refractivity contribution in [1.29, 1.82) is 0 Å². The van der Waals surface area contributed by atoms with E-state index in [2.05, 4.69) is 160 Å². The molecule has 0 saturated carbocycles. The van der Waals surface area contributed by atoms with Gasteiger partial charge in [0.1, 0.15) is 0 Å². The first-order valence-electron chi connectivity index (χ1n) is 17.0.